The minimum atomic E-state index is 0.465. The van der Waals surface area contributed by atoms with Crippen molar-refractivity contribution in [3.63, 3.8) is 0 Å². The van der Waals surface area contributed by atoms with Crippen molar-refractivity contribution in [2.45, 2.75) is 25.3 Å². The summed E-state index contributed by atoms with van der Waals surface area (Å²) < 4.78 is 1.02. The van der Waals surface area contributed by atoms with Crippen molar-refractivity contribution in [1.29, 1.82) is 0 Å². The third kappa shape index (κ3) is 2.49. The van der Waals surface area contributed by atoms with Crippen LogP contribution < -0.4 is 10.6 Å². The number of nitrogens with zero attached hydrogens (tertiary/aromatic N) is 2. The SMILES string of the molecule is NC[C@H]1CCCCN1c1ccc(Br)cn1. The van der Waals surface area contributed by atoms with Gasteiger partial charge >= 0.3 is 0 Å². The topological polar surface area (TPSA) is 42.1 Å². The summed E-state index contributed by atoms with van der Waals surface area (Å²) in [6.07, 6.45) is 5.56. The zero-order chi connectivity index (χ0) is 10.7. The Morgan fingerprint density at radius 3 is 3.00 bits per heavy atom. The Hall–Kier alpha value is -0.610. The summed E-state index contributed by atoms with van der Waals surface area (Å²) in [4.78, 5) is 6.75. The maximum Gasteiger partial charge on any atom is 0.128 e. The zero-order valence-electron chi connectivity index (χ0n) is 8.69. The number of hydrogen-bond donors (Lipinski definition) is 1. The van der Waals surface area contributed by atoms with Gasteiger partial charge in [-0.05, 0) is 47.3 Å². The molecule has 0 saturated carbocycles. The maximum absolute atomic E-state index is 5.78. The molecule has 0 bridgehead atoms. The summed E-state index contributed by atoms with van der Waals surface area (Å²) >= 11 is 3.40. The fourth-order valence-corrected chi connectivity index (χ4v) is 2.32. The van der Waals surface area contributed by atoms with Crippen molar-refractivity contribution in [1.82, 2.24) is 4.98 Å². The second kappa shape index (κ2) is 4.94. The molecule has 1 aromatic heterocycles. The molecule has 0 spiro atoms. The minimum absolute atomic E-state index is 0.465. The summed E-state index contributed by atoms with van der Waals surface area (Å²) in [5.74, 6) is 1.05. The van der Waals surface area contributed by atoms with Crippen LogP contribution in [0, 0.1) is 0 Å². The number of hydrogen-bond acceptors (Lipinski definition) is 3. The van der Waals surface area contributed by atoms with Crippen LogP contribution in [0.3, 0.4) is 0 Å². The van der Waals surface area contributed by atoms with Crippen molar-refractivity contribution in [2.24, 2.45) is 5.73 Å². The van der Waals surface area contributed by atoms with Crippen LogP contribution in [0.25, 0.3) is 0 Å². The maximum atomic E-state index is 5.78. The molecule has 3 nitrogen and oxygen atoms in total. The highest BCUT2D eigenvalue weighted by molar-refractivity contribution is 9.10. The Balaban J connectivity index is 2.16. The number of pyridine rings is 1. The summed E-state index contributed by atoms with van der Waals surface area (Å²) in [5, 5.41) is 0. The highest BCUT2D eigenvalue weighted by Gasteiger charge is 2.21. The molecule has 0 aliphatic carbocycles. The van der Waals surface area contributed by atoms with Crippen LogP contribution in [0.4, 0.5) is 5.82 Å². The van der Waals surface area contributed by atoms with E-state index in [-0.39, 0.29) is 0 Å². The van der Waals surface area contributed by atoms with E-state index in [0.717, 1.165) is 23.4 Å². The van der Waals surface area contributed by atoms with Gasteiger partial charge in [0.2, 0.25) is 0 Å². The molecule has 1 saturated heterocycles. The highest BCUT2D eigenvalue weighted by atomic mass is 79.9. The van der Waals surface area contributed by atoms with Crippen LogP contribution >= 0.6 is 15.9 Å². The zero-order valence-corrected chi connectivity index (χ0v) is 10.3. The molecule has 1 aromatic rings. The number of nitrogens with two attached hydrogens (primary N) is 1. The van der Waals surface area contributed by atoms with Crippen LogP contribution in [0.2, 0.25) is 0 Å². The lowest BCUT2D eigenvalue weighted by atomic mass is 10.0. The van der Waals surface area contributed by atoms with Crippen molar-refractivity contribution >= 4 is 21.7 Å². The fraction of sp³-hybridized carbons (Fsp3) is 0.545. The first-order valence-electron chi connectivity index (χ1n) is 5.39. The lowest BCUT2D eigenvalue weighted by Crippen LogP contribution is -2.44. The predicted octanol–water partition coefficient (Wildman–Crippen LogP) is 2.16. The average molecular weight is 270 g/mol. The van der Waals surface area contributed by atoms with E-state index in [9.17, 15) is 0 Å². The van der Waals surface area contributed by atoms with Gasteiger partial charge < -0.3 is 10.6 Å². The van der Waals surface area contributed by atoms with E-state index in [2.05, 4.69) is 31.9 Å². The largest absolute Gasteiger partial charge is 0.352 e. The van der Waals surface area contributed by atoms with Crippen LogP contribution in [-0.2, 0) is 0 Å². The number of anilines is 1. The van der Waals surface area contributed by atoms with Gasteiger partial charge in [-0.3, -0.25) is 0 Å². The van der Waals surface area contributed by atoms with E-state index >= 15 is 0 Å². The number of rotatable bonds is 2. The summed E-state index contributed by atoms with van der Waals surface area (Å²) in [6.45, 7) is 1.80. The molecule has 82 valence electrons. The number of halogens is 1. The van der Waals surface area contributed by atoms with Gasteiger partial charge in [-0.25, -0.2) is 4.98 Å². The molecule has 15 heavy (non-hydrogen) atoms. The van der Waals surface area contributed by atoms with Crippen LogP contribution in [0.15, 0.2) is 22.8 Å². The first-order chi connectivity index (χ1) is 7.31. The van der Waals surface area contributed by atoms with Crippen LogP contribution in [-0.4, -0.2) is 24.1 Å². The Bertz CT molecular complexity index is 312. The van der Waals surface area contributed by atoms with Crippen molar-refractivity contribution in [3.05, 3.63) is 22.8 Å². The van der Waals surface area contributed by atoms with Crippen LogP contribution in [0.5, 0.6) is 0 Å². The van der Waals surface area contributed by atoms with Gasteiger partial charge in [-0.15, -0.1) is 0 Å². The fourth-order valence-electron chi connectivity index (χ4n) is 2.09. The van der Waals surface area contributed by atoms with Gasteiger partial charge in [0, 0.05) is 29.8 Å². The van der Waals surface area contributed by atoms with E-state index in [1.54, 1.807) is 0 Å². The third-order valence-corrected chi connectivity index (χ3v) is 3.37. The minimum Gasteiger partial charge on any atom is -0.352 e. The monoisotopic (exact) mass is 269 g/mol. The average Bonchev–Trinajstić information content (AvgIpc) is 2.30. The van der Waals surface area contributed by atoms with Crippen LogP contribution in [0.1, 0.15) is 19.3 Å². The van der Waals surface area contributed by atoms with E-state index in [0.29, 0.717) is 6.04 Å². The van der Waals surface area contributed by atoms with E-state index in [1.165, 1.54) is 19.3 Å². The molecule has 0 aromatic carbocycles. The second-order valence-electron chi connectivity index (χ2n) is 3.91. The molecule has 1 fully saturated rings. The molecular formula is C11H16BrN3. The van der Waals surface area contributed by atoms with E-state index < -0.39 is 0 Å². The summed E-state index contributed by atoms with van der Waals surface area (Å²) in [6, 6.07) is 4.55. The Morgan fingerprint density at radius 1 is 1.47 bits per heavy atom. The molecule has 0 unspecified atom stereocenters. The molecule has 0 radical (unpaired) electrons. The lowest BCUT2D eigenvalue weighted by molar-refractivity contribution is 0.462. The van der Waals surface area contributed by atoms with Gasteiger partial charge in [0.05, 0.1) is 0 Å². The quantitative estimate of drug-likeness (QED) is 0.895. The van der Waals surface area contributed by atoms with Crippen molar-refractivity contribution in [2.75, 3.05) is 18.0 Å². The Labute approximate surface area is 98.8 Å². The van der Waals surface area contributed by atoms with Gasteiger partial charge in [-0.2, -0.15) is 0 Å². The number of piperidine rings is 1. The second-order valence-corrected chi connectivity index (χ2v) is 4.83. The van der Waals surface area contributed by atoms with E-state index in [1.807, 2.05) is 12.3 Å². The molecular weight excluding hydrogens is 254 g/mol. The molecule has 0 amide bonds. The molecule has 4 heteroatoms. The smallest absolute Gasteiger partial charge is 0.128 e. The van der Waals surface area contributed by atoms with Gasteiger partial charge in [0.1, 0.15) is 5.82 Å². The number of aromatic nitrogens is 1. The van der Waals surface area contributed by atoms with Crippen molar-refractivity contribution < 1.29 is 0 Å². The first kappa shape index (κ1) is 10.9. The molecule has 2 N–H and O–H groups in total. The van der Waals surface area contributed by atoms with Gasteiger partial charge in [0.25, 0.3) is 0 Å². The Morgan fingerprint density at radius 2 is 2.33 bits per heavy atom. The Kier molecular flexibility index (Phi) is 3.59. The molecule has 1 aliphatic heterocycles. The third-order valence-electron chi connectivity index (χ3n) is 2.91. The molecule has 2 heterocycles. The summed E-state index contributed by atoms with van der Waals surface area (Å²) in [7, 11) is 0. The van der Waals surface area contributed by atoms with Crippen molar-refractivity contribution in [3.8, 4) is 0 Å². The summed E-state index contributed by atoms with van der Waals surface area (Å²) in [5.41, 5.74) is 5.78. The van der Waals surface area contributed by atoms with E-state index in [4.69, 9.17) is 5.73 Å². The first-order valence-corrected chi connectivity index (χ1v) is 6.19. The van der Waals surface area contributed by atoms with Gasteiger partial charge in [0.15, 0.2) is 0 Å². The standard InChI is InChI=1S/C11H16BrN3/c12-9-4-5-11(14-8-9)15-6-2-1-3-10(15)7-13/h4-5,8,10H,1-3,6-7,13H2/t10-/m1/s1. The predicted molar refractivity (Wildman–Crippen MR) is 66.0 cm³/mol. The molecule has 1 atom stereocenters. The molecule has 1 aliphatic rings. The normalized spacial score (nSPS) is 21.7. The highest BCUT2D eigenvalue weighted by Crippen LogP contribution is 2.23. The lowest BCUT2D eigenvalue weighted by Gasteiger charge is -2.35. The van der Waals surface area contributed by atoms with Gasteiger partial charge in [-0.1, -0.05) is 0 Å². The molecule has 2 rings (SSSR count).